The van der Waals surface area contributed by atoms with Crippen molar-refractivity contribution in [1.29, 1.82) is 0 Å². The number of hydrogen-bond donors (Lipinski definition) is 1. The van der Waals surface area contributed by atoms with E-state index in [9.17, 15) is 13.2 Å². The Morgan fingerprint density at radius 3 is 2.50 bits per heavy atom. The maximum Gasteiger partial charge on any atom is 0.245 e. The Morgan fingerprint density at radius 1 is 1.09 bits per heavy atom. The Labute approximate surface area is 133 Å². The Hall–Kier alpha value is -1.89. The molecule has 0 unspecified atom stereocenters. The number of rotatable bonds is 2. The third-order valence-electron chi connectivity index (χ3n) is 3.37. The number of nitrogens with one attached hydrogen (secondary N) is 1. The van der Waals surface area contributed by atoms with Crippen LogP contribution in [0.4, 0.5) is 5.69 Å². The molecular weight excluding hydrogens is 324 g/mol. The molecule has 1 amide bonds. The predicted molar refractivity (Wildman–Crippen MR) is 84.1 cm³/mol. The van der Waals surface area contributed by atoms with Gasteiger partial charge < -0.3 is 5.32 Å². The first-order chi connectivity index (χ1) is 10.5. The molecule has 0 aromatic heterocycles. The largest absolute Gasteiger partial charge is 0.324 e. The summed E-state index contributed by atoms with van der Waals surface area (Å²) in [5, 5.41) is 3.20. The number of fused-ring (bicyclic) bond motifs is 1. The second kappa shape index (κ2) is 5.72. The number of halogens is 1. The van der Waals surface area contributed by atoms with Crippen molar-refractivity contribution in [2.75, 3.05) is 11.9 Å². The van der Waals surface area contributed by atoms with Gasteiger partial charge in [-0.2, -0.15) is 4.31 Å². The molecule has 114 valence electrons. The van der Waals surface area contributed by atoms with E-state index in [0.29, 0.717) is 10.7 Å². The third-order valence-corrected chi connectivity index (χ3v) is 5.47. The lowest BCUT2D eigenvalue weighted by molar-refractivity contribution is -0.116. The van der Waals surface area contributed by atoms with Gasteiger partial charge in [0.25, 0.3) is 0 Å². The van der Waals surface area contributed by atoms with Crippen LogP contribution in [0.25, 0.3) is 0 Å². The summed E-state index contributed by atoms with van der Waals surface area (Å²) >= 11 is 5.83. The number of para-hydroxylation sites is 1. The van der Waals surface area contributed by atoms with E-state index < -0.39 is 10.0 Å². The smallest absolute Gasteiger partial charge is 0.245 e. The molecule has 1 N–H and O–H groups in total. The Balaban J connectivity index is 2.00. The Bertz CT molecular complexity index is 819. The average Bonchev–Trinajstić information content (AvgIpc) is 2.57. The quantitative estimate of drug-likeness (QED) is 0.916. The van der Waals surface area contributed by atoms with E-state index in [1.54, 1.807) is 42.5 Å². The molecule has 0 radical (unpaired) electrons. The van der Waals surface area contributed by atoms with Crippen LogP contribution in [0.1, 0.15) is 5.56 Å². The topological polar surface area (TPSA) is 66.5 Å². The minimum absolute atomic E-state index is 0.106. The van der Waals surface area contributed by atoms with Crippen molar-refractivity contribution in [3.05, 3.63) is 59.1 Å². The number of hydrogen-bond acceptors (Lipinski definition) is 3. The normalized spacial score (nSPS) is 17.4. The van der Waals surface area contributed by atoms with Gasteiger partial charge in [0, 0.05) is 11.6 Å². The van der Waals surface area contributed by atoms with Gasteiger partial charge >= 0.3 is 0 Å². The molecule has 2 aromatic carbocycles. The molecule has 3 rings (SSSR count). The van der Waals surface area contributed by atoms with Crippen LogP contribution in [0.3, 0.4) is 0 Å². The highest BCUT2D eigenvalue weighted by atomic mass is 35.5. The summed E-state index contributed by atoms with van der Waals surface area (Å²) in [6.07, 6.45) is 0. The van der Waals surface area contributed by atoms with Gasteiger partial charge in [-0.05, 0) is 29.8 Å². The zero-order valence-corrected chi connectivity index (χ0v) is 13.1. The van der Waals surface area contributed by atoms with Crippen LogP contribution in [-0.2, 0) is 21.4 Å². The number of amides is 1. The van der Waals surface area contributed by atoms with Crippen LogP contribution >= 0.6 is 11.6 Å². The van der Waals surface area contributed by atoms with Crippen molar-refractivity contribution in [1.82, 2.24) is 4.31 Å². The lowest BCUT2D eigenvalue weighted by Crippen LogP contribution is -2.34. The molecule has 0 bridgehead atoms. The fourth-order valence-corrected chi connectivity index (χ4v) is 3.96. The van der Waals surface area contributed by atoms with Gasteiger partial charge in [-0.25, -0.2) is 8.42 Å². The number of benzene rings is 2. The van der Waals surface area contributed by atoms with Crippen LogP contribution in [0.15, 0.2) is 53.4 Å². The number of sulfonamides is 1. The summed E-state index contributed by atoms with van der Waals surface area (Å²) in [7, 11) is -3.74. The molecule has 7 heteroatoms. The van der Waals surface area contributed by atoms with Crippen LogP contribution in [0, 0.1) is 0 Å². The van der Waals surface area contributed by atoms with Gasteiger partial charge in [-0.1, -0.05) is 35.9 Å². The zero-order chi connectivity index (χ0) is 15.7. The van der Waals surface area contributed by atoms with Crippen LogP contribution in [0.2, 0.25) is 5.02 Å². The summed E-state index contributed by atoms with van der Waals surface area (Å²) < 4.78 is 26.7. The second-order valence-corrected chi connectivity index (χ2v) is 7.29. The third kappa shape index (κ3) is 2.85. The summed E-state index contributed by atoms with van der Waals surface area (Å²) in [5.41, 5.74) is 1.08. The molecule has 0 atom stereocenters. The first-order valence-electron chi connectivity index (χ1n) is 6.60. The van der Waals surface area contributed by atoms with Crippen molar-refractivity contribution in [3.63, 3.8) is 0 Å². The predicted octanol–water partition coefficient (Wildman–Crippen LogP) is 2.48. The number of nitrogens with zero attached hydrogens (tertiary/aromatic N) is 1. The molecule has 0 saturated heterocycles. The van der Waals surface area contributed by atoms with Crippen LogP contribution in [-0.4, -0.2) is 25.2 Å². The maximum atomic E-state index is 12.7. The maximum absolute atomic E-state index is 12.7. The molecule has 1 heterocycles. The molecular formula is C15H13ClN2O3S. The lowest BCUT2D eigenvalue weighted by atomic mass is 10.2. The number of carbonyl (C=O) groups is 1. The number of carbonyl (C=O) groups excluding carboxylic acids is 1. The lowest BCUT2D eigenvalue weighted by Gasteiger charge is -2.19. The van der Waals surface area contributed by atoms with Gasteiger partial charge in [0.05, 0.1) is 12.2 Å². The highest BCUT2D eigenvalue weighted by Gasteiger charge is 2.32. The second-order valence-electron chi connectivity index (χ2n) is 4.94. The van der Waals surface area contributed by atoms with E-state index in [0.717, 1.165) is 9.87 Å². The zero-order valence-electron chi connectivity index (χ0n) is 11.5. The van der Waals surface area contributed by atoms with Crippen LogP contribution in [0.5, 0.6) is 0 Å². The van der Waals surface area contributed by atoms with Crippen molar-refractivity contribution < 1.29 is 13.2 Å². The van der Waals surface area contributed by atoms with Crippen LogP contribution < -0.4 is 5.32 Å². The van der Waals surface area contributed by atoms with Gasteiger partial charge in [-0.15, -0.1) is 0 Å². The average molecular weight is 337 g/mol. The van der Waals surface area contributed by atoms with E-state index in [1.165, 1.54) is 6.07 Å². The van der Waals surface area contributed by atoms with E-state index >= 15 is 0 Å². The molecule has 0 saturated carbocycles. The first kappa shape index (κ1) is 15.0. The minimum atomic E-state index is -3.74. The molecule has 22 heavy (non-hydrogen) atoms. The van der Waals surface area contributed by atoms with E-state index in [1.807, 2.05) is 0 Å². The summed E-state index contributed by atoms with van der Waals surface area (Å²) in [4.78, 5) is 12.1. The summed E-state index contributed by atoms with van der Waals surface area (Å²) in [5.74, 6) is -0.359. The summed E-state index contributed by atoms with van der Waals surface area (Å²) in [6, 6.07) is 13.3. The molecule has 2 aromatic rings. The minimum Gasteiger partial charge on any atom is -0.324 e. The first-order valence-corrected chi connectivity index (χ1v) is 8.42. The van der Waals surface area contributed by atoms with Gasteiger partial charge in [0.15, 0.2) is 0 Å². The number of anilines is 1. The van der Waals surface area contributed by atoms with Gasteiger partial charge in [-0.3, -0.25) is 4.79 Å². The molecule has 0 fully saturated rings. The standard InChI is InChI=1S/C15H13ClN2O3S/c16-12-7-5-11(6-8-12)9-18-10-15(19)17-13-3-1-2-4-14(13)22(18,20)21/h1-8H,9-10H2,(H,17,19). The molecule has 0 spiro atoms. The monoisotopic (exact) mass is 336 g/mol. The summed E-state index contributed by atoms with van der Waals surface area (Å²) in [6.45, 7) is -0.110. The van der Waals surface area contributed by atoms with E-state index in [4.69, 9.17) is 11.6 Å². The highest BCUT2D eigenvalue weighted by Crippen LogP contribution is 2.28. The molecule has 1 aliphatic heterocycles. The fraction of sp³-hybridized carbons (Fsp3) is 0.133. The van der Waals surface area contributed by atoms with Gasteiger partial charge in [0.1, 0.15) is 4.90 Å². The Kier molecular flexibility index (Phi) is 3.90. The molecule has 0 aliphatic carbocycles. The highest BCUT2D eigenvalue weighted by molar-refractivity contribution is 7.89. The fourth-order valence-electron chi connectivity index (χ4n) is 2.30. The molecule has 5 nitrogen and oxygen atoms in total. The van der Waals surface area contributed by atoms with Crippen molar-refractivity contribution in [2.24, 2.45) is 0 Å². The van der Waals surface area contributed by atoms with Crippen molar-refractivity contribution >= 4 is 33.2 Å². The van der Waals surface area contributed by atoms with E-state index in [-0.39, 0.29) is 23.9 Å². The van der Waals surface area contributed by atoms with Crippen molar-refractivity contribution in [3.8, 4) is 0 Å². The Morgan fingerprint density at radius 2 is 1.77 bits per heavy atom. The molecule has 1 aliphatic rings. The SMILES string of the molecule is O=C1CN(Cc2ccc(Cl)cc2)S(=O)(=O)c2ccccc2N1. The van der Waals surface area contributed by atoms with Crippen molar-refractivity contribution in [2.45, 2.75) is 11.4 Å². The van der Waals surface area contributed by atoms with Gasteiger partial charge in [0.2, 0.25) is 15.9 Å². The van der Waals surface area contributed by atoms with E-state index in [2.05, 4.69) is 5.32 Å².